The molecular formula is C21H17Cl2N5O2. The van der Waals surface area contributed by atoms with Crippen molar-refractivity contribution < 1.29 is 9.59 Å². The third kappa shape index (κ3) is 7.77. The number of nitrogens with zero attached hydrogens (tertiary/aromatic N) is 2. The largest absolute Gasteiger partial charge is 0.369 e. The van der Waals surface area contributed by atoms with E-state index in [0.717, 1.165) is 0 Å². The number of carbonyl (C=O) groups is 1. The number of guanidine groups is 1. The third-order valence-corrected chi connectivity index (χ3v) is 3.98. The molecule has 30 heavy (non-hydrogen) atoms. The van der Waals surface area contributed by atoms with E-state index < -0.39 is 6.03 Å². The summed E-state index contributed by atoms with van der Waals surface area (Å²) in [5.74, 6) is -0.113. The van der Waals surface area contributed by atoms with Gasteiger partial charge in [0.2, 0.25) is 12.0 Å². The van der Waals surface area contributed by atoms with Gasteiger partial charge in [-0.25, -0.2) is 14.6 Å². The number of rotatable bonds is 3. The minimum absolute atomic E-state index is 0.113. The van der Waals surface area contributed by atoms with Crippen molar-refractivity contribution in [1.29, 1.82) is 0 Å². The van der Waals surface area contributed by atoms with Gasteiger partial charge >= 0.3 is 6.03 Å². The van der Waals surface area contributed by atoms with Gasteiger partial charge in [-0.3, -0.25) is 5.32 Å². The third-order valence-electron chi connectivity index (χ3n) is 3.37. The van der Waals surface area contributed by atoms with Crippen molar-refractivity contribution in [2.24, 2.45) is 15.7 Å². The van der Waals surface area contributed by atoms with E-state index in [0.29, 0.717) is 27.1 Å². The molecular weight excluding hydrogens is 425 g/mol. The summed E-state index contributed by atoms with van der Waals surface area (Å²) < 4.78 is 0. The highest BCUT2D eigenvalue weighted by Gasteiger charge is 2.07. The highest BCUT2D eigenvalue weighted by atomic mass is 35.5. The average molecular weight is 442 g/mol. The molecule has 0 aliphatic rings. The van der Waals surface area contributed by atoms with Gasteiger partial charge < -0.3 is 11.1 Å². The number of carbonyl (C=O) groups excluding carboxylic acids is 2. The average Bonchev–Trinajstić information content (AvgIpc) is 2.73. The molecule has 2 amide bonds. The number of amides is 2. The van der Waals surface area contributed by atoms with Crippen LogP contribution in [0.15, 0.2) is 88.8 Å². The number of urea groups is 1. The number of halogens is 2. The molecule has 0 atom stereocenters. The van der Waals surface area contributed by atoms with E-state index in [4.69, 9.17) is 28.9 Å². The van der Waals surface area contributed by atoms with Crippen molar-refractivity contribution in [2.75, 3.05) is 5.32 Å². The first kappa shape index (κ1) is 22.6. The van der Waals surface area contributed by atoms with Crippen LogP contribution in [0.1, 0.15) is 0 Å². The Bertz CT molecular complexity index is 1030. The van der Waals surface area contributed by atoms with E-state index >= 15 is 0 Å². The fraction of sp³-hybridized carbons (Fsp3) is 0. The highest BCUT2D eigenvalue weighted by Crippen LogP contribution is 2.32. The summed E-state index contributed by atoms with van der Waals surface area (Å²) in [7, 11) is 0. The standard InChI is InChI=1S/C14H12Cl2N4O.C7H5NO/c15-10-7-4-8-11(16)12(10)19-13(17)20-14(21)18-9-5-2-1-3-6-9;9-6-8-7-4-2-1-3-5-7/h1-8H,(H4,17,18,19,20,21);1-5H. The van der Waals surface area contributed by atoms with Crippen LogP contribution in [-0.2, 0) is 4.79 Å². The van der Waals surface area contributed by atoms with Crippen LogP contribution in [-0.4, -0.2) is 18.1 Å². The van der Waals surface area contributed by atoms with Gasteiger partial charge in [0, 0.05) is 5.69 Å². The molecule has 4 N–H and O–H groups in total. The number of nitrogens with one attached hydrogen (secondary N) is 2. The van der Waals surface area contributed by atoms with E-state index in [1.165, 1.54) is 6.08 Å². The summed E-state index contributed by atoms with van der Waals surface area (Å²) in [6.45, 7) is 0. The van der Waals surface area contributed by atoms with E-state index in [1.54, 1.807) is 54.6 Å². The van der Waals surface area contributed by atoms with Gasteiger partial charge in [-0.05, 0) is 36.4 Å². The van der Waals surface area contributed by atoms with Crippen molar-refractivity contribution in [2.45, 2.75) is 0 Å². The normalized spacial score (nSPS) is 10.1. The molecule has 3 aromatic carbocycles. The SMILES string of the molecule is NC(=Nc1c(Cl)cccc1Cl)NC(=O)Nc1ccccc1.O=C=Nc1ccccc1. The predicted molar refractivity (Wildman–Crippen MR) is 121 cm³/mol. The van der Waals surface area contributed by atoms with Crippen LogP contribution < -0.4 is 16.4 Å². The second kappa shape index (κ2) is 12.0. The summed E-state index contributed by atoms with van der Waals surface area (Å²) in [4.78, 5) is 28.8. The monoisotopic (exact) mass is 441 g/mol. The molecule has 0 aromatic heterocycles. The number of aliphatic imine (C=N–C) groups is 2. The first-order valence-corrected chi connectivity index (χ1v) is 9.29. The lowest BCUT2D eigenvalue weighted by atomic mass is 10.3. The van der Waals surface area contributed by atoms with E-state index in [2.05, 4.69) is 20.6 Å². The predicted octanol–water partition coefficient (Wildman–Crippen LogP) is 5.42. The number of isocyanates is 1. The quantitative estimate of drug-likeness (QED) is 0.286. The maximum atomic E-state index is 11.7. The van der Waals surface area contributed by atoms with Gasteiger partial charge in [0.15, 0.2) is 0 Å². The molecule has 0 fully saturated rings. The van der Waals surface area contributed by atoms with Gasteiger partial charge in [0.05, 0.1) is 15.7 Å². The first-order valence-electron chi connectivity index (χ1n) is 8.53. The zero-order chi connectivity index (χ0) is 21.8. The Morgan fingerprint density at radius 1 is 0.867 bits per heavy atom. The van der Waals surface area contributed by atoms with Crippen LogP contribution in [0.25, 0.3) is 0 Å². The van der Waals surface area contributed by atoms with E-state index in [1.807, 2.05) is 24.3 Å². The number of nitrogens with two attached hydrogens (primary N) is 1. The van der Waals surface area contributed by atoms with Crippen LogP contribution >= 0.6 is 23.2 Å². The molecule has 3 rings (SSSR count). The maximum absolute atomic E-state index is 11.7. The van der Waals surface area contributed by atoms with Gasteiger partial charge in [0.25, 0.3) is 0 Å². The topological polar surface area (TPSA) is 109 Å². The summed E-state index contributed by atoms with van der Waals surface area (Å²) in [6, 6.07) is 22.4. The van der Waals surface area contributed by atoms with Crippen LogP contribution in [0.3, 0.4) is 0 Å². The Morgan fingerprint density at radius 2 is 1.43 bits per heavy atom. The lowest BCUT2D eigenvalue weighted by molar-refractivity contribution is 0.256. The molecule has 0 bridgehead atoms. The van der Waals surface area contributed by atoms with E-state index in [9.17, 15) is 9.59 Å². The second-order valence-electron chi connectivity index (χ2n) is 5.55. The summed E-state index contributed by atoms with van der Waals surface area (Å²) in [6.07, 6.45) is 1.46. The Morgan fingerprint density at radius 3 is 2.00 bits per heavy atom. The molecule has 152 valence electrons. The van der Waals surface area contributed by atoms with Crippen molar-refractivity contribution in [3.05, 3.63) is 88.9 Å². The Kier molecular flexibility index (Phi) is 9.09. The fourth-order valence-corrected chi connectivity index (χ4v) is 2.58. The lowest BCUT2D eigenvalue weighted by Gasteiger charge is -2.07. The van der Waals surface area contributed by atoms with Gasteiger partial charge in [-0.15, -0.1) is 0 Å². The molecule has 0 aliphatic carbocycles. The van der Waals surface area contributed by atoms with Gasteiger partial charge in [-0.1, -0.05) is 65.7 Å². The summed E-state index contributed by atoms with van der Waals surface area (Å²) in [5, 5.41) is 5.69. The molecule has 0 radical (unpaired) electrons. The molecule has 0 unspecified atom stereocenters. The molecule has 0 saturated heterocycles. The number of hydrogen-bond donors (Lipinski definition) is 3. The van der Waals surface area contributed by atoms with E-state index in [-0.39, 0.29) is 5.96 Å². The highest BCUT2D eigenvalue weighted by molar-refractivity contribution is 6.38. The Labute approximate surface area is 183 Å². The fourth-order valence-electron chi connectivity index (χ4n) is 2.10. The number of hydrogen-bond acceptors (Lipinski definition) is 4. The molecule has 9 heteroatoms. The Balaban J connectivity index is 0.000000297. The Hall–Kier alpha value is -3.64. The number of anilines is 1. The smallest absolute Gasteiger partial charge is 0.325 e. The van der Waals surface area contributed by atoms with Crippen LogP contribution in [0.2, 0.25) is 10.0 Å². The summed E-state index contributed by atoms with van der Waals surface area (Å²) >= 11 is 11.9. The minimum Gasteiger partial charge on any atom is -0.369 e. The first-order chi connectivity index (χ1) is 14.5. The van der Waals surface area contributed by atoms with Gasteiger partial charge in [-0.2, -0.15) is 4.99 Å². The molecule has 7 nitrogen and oxygen atoms in total. The van der Waals surface area contributed by atoms with Crippen molar-refractivity contribution in [3.63, 3.8) is 0 Å². The molecule has 0 heterocycles. The molecule has 0 spiro atoms. The summed E-state index contributed by atoms with van der Waals surface area (Å²) in [5.41, 5.74) is 7.25. The maximum Gasteiger partial charge on any atom is 0.325 e. The van der Waals surface area contributed by atoms with Crippen molar-refractivity contribution >= 4 is 58.3 Å². The second-order valence-corrected chi connectivity index (χ2v) is 6.37. The van der Waals surface area contributed by atoms with Crippen molar-refractivity contribution in [1.82, 2.24) is 5.32 Å². The molecule has 0 saturated carbocycles. The van der Waals surface area contributed by atoms with Gasteiger partial charge in [0.1, 0.15) is 5.69 Å². The van der Waals surface area contributed by atoms with Crippen LogP contribution in [0, 0.1) is 0 Å². The number of benzene rings is 3. The zero-order valence-electron chi connectivity index (χ0n) is 15.5. The van der Waals surface area contributed by atoms with Crippen LogP contribution in [0.5, 0.6) is 0 Å². The molecule has 3 aromatic rings. The molecule has 0 aliphatic heterocycles. The van der Waals surface area contributed by atoms with Crippen molar-refractivity contribution in [3.8, 4) is 0 Å². The number of para-hydroxylation sites is 3. The van der Waals surface area contributed by atoms with Crippen LogP contribution in [0.4, 0.5) is 21.9 Å². The lowest BCUT2D eigenvalue weighted by Crippen LogP contribution is -2.39. The zero-order valence-corrected chi connectivity index (χ0v) is 17.1. The minimum atomic E-state index is -0.509.